The Hall–Kier alpha value is -4.39. The molecule has 8 nitrogen and oxygen atoms in total. The van der Waals surface area contributed by atoms with Crippen molar-refractivity contribution in [3.05, 3.63) is 107 Å². The van der Waals surface area contributed by atoms with Crippen molar-refractivity contribution in [1.82, 2.24) is 25.9 Å². The average Bonchev–Trinajstić information content (AvgIpc) is 3.73. The summed E-state index contributed by atoms with van der Waals surface area (Å²) in [7, 11) is 0. The van der Waals surface area contributed by atoms with Crippen LogP contribution in [-0.2, 0) is 0 Å². The third-order valence-electron chi connectivity index (χ3n) is 7.23. The first-order valence-electron chi connectivity index (χ1n) is 14.2. The smallest absolute Gasteiger partial charge is 0.212 e. The van der Waals surface area contributed by atoms with Gasteiger partial charge in [-0.15, -0.1) is 5.53 Å². The van der Waals surface area contributed by atoms with Crippen LogP contribution in [0.1, 0.15) is 62.7 Å². The van der Waals surface area contributed by atoms with Crippen LogP contribution >= 0.6 is 11.6 Å². The van der Waals surface area contributed by atoms with E-state index in [0.29, 0.717) is 50.2 Å². The van der Waals surface area contributed by atoms with Crippen LogP contribution in [0.5, 0.6) is 0 Å². The lowest BCUT2D eigenvalue weighted by Gasteiger charge is -2.24. The highest BCUT2D eigenvalue weighted by molar-refractivity contribution is 6.35. The highest BCUT2D eigenvalue weighted by Crippen LogP contribution is 2.38. The lowest BCUT2D eigenvalue weighted by atomic mass is 10.00. The van der Waals surface area contributed by atoms with Gasteiger partial charge in [0.25, 0.3) is 0 Å². The highest BCUT2D eigenvalue weighted by Gasteiger charge is 2.32. The molecular weight excluding hydrogens is 539 g/mol. The van der Waals surface area contributed by atoms with E-state index >= 15 is 0 Å². The SMILES string of the molecule is [2H][C@@](Nc1cc(Cl)c2ncc(C#N)c(N[C@H](CCC)c3ccccc3)c2c1)(C1=CN(C2CC2)NN1)c1ccc(F)nc1. The van der Waals surface area contributed by atoms with Gasteiger partial charge in [0.1, 0.15) is 6.07 Å². The van der Waals surface area contributed by atoms with Crippen LogP contribution in [0.4, 0.5) is 15.8 Å². The van der Waals surface area contributed by atoms with Crippen LogP contribution < -0.4 is 21.6 Å². The Kier molecular flexibility index (Phi) is 7.24. The minimum absolute atomic E-state index is 0.0443. The topological polar surface area (TPSA) is 101 Å². The maximum atomic E-state index is 13.8. The van der Waals surface area contributed by atoms with E-state index in [9.17, 15) is 11.0 Å². The zero-order valence-electron chi connectivity index (χ0n) is 23.5. The summed E-state index contributed by atoms with van der Waals surface area (Å²) in [6.45, 7) is 2.12. The molecule has 1 fully saturated rings. The Morgan fingerprint density at radius 1 is 1.15 bits per heavy atom. The summed E-state index contributed by atoms with van der Waals surface area (Å²) in [5.74, 6) is -0.633. The highest BCUT2D eigenvalue weighted by atomic mass is 35.5. The molecule has 3 heterocycles. The number of nitrogens with one attached hydrogen (secondary N) is 4. The maximum Gasteiger partial charge on any atom is 0.212 e. The molecule has 4 aromatic rings. The standard InChI is InChI=1S/C31H30ClFN8/c1-2-6-26(19-7-4-3-5-8-19)38-29-21(15-34)17-36-31-24(29)13-22(14-25(31)32)37-30(20-9-12-28(33)35-16-20)27-18-41(40-39-27)23-10-11-23/h3-5,7-9,12-14,16-18,23,26,30,37,39-40H,2,6,10-11H2,1H3,(H,36,38)/t26-,30+/m1/s1/i30D. The number of hydrazine groups is 2. The number of nitrogens with zero attached hydrogens (tertiary/aromatic N) is 4. The summed E-state index contributed by atoms with van der Waals surface area (Å²) in [6, 6.07) is 17.4. The zero-order chi connectivity index (χ0) is 29.3. The molecule has 10 heteroatoms. The van der Waals surface area contributed by atoms with Crippen molar-refractivity contribution in [3.63, 3.8) is 0 Å². The van der Waals surface area contributed by atoms with E-state index < -0.39 is 12.0 Å². The summed E-state index contributed by atoms with van der Waals surface area (Å²) in [5.41, 5.74) is 10.3. The fraction of sp³-hybridized carbons (Fsp3) is 0.258. The Morgan fingerprint density at radius 3 is 2.68 bits per heavy atom. The van der Waals surface area contributed by atoms with Gasteiger partial charge in [-0.1, -0.05) is 61.3 Å². The van der Waals surface area contributed by atoms with Gasteiger partial charge in [-0.05, 0) is 48.6 Å². The first kappa shape index (κ1) is 25.6. The average molecular weight is 570 g/mol. The van der Waals surface area contributed by atoms with E-state index in [1.165, 1.54) is 24.5 Å². The number of nitriles is 1. The molecule has 41 heavy (non-hydrogen) atoms. The van der Waals surface area contributed by atoms with Gasteiger partial charge >= 0.3 is 0 Å². The van der Waals surface area contributed by atoms with Crippen molar-refractivity contribution in [2.75, 3.05) is 10.6 Å². The van der Waals surface area contributed by atoms with Crippen LogP contribution in [0.25, 0.3) is 10.9 Å². The van der Waals surface area contributed by atoms with E-state index in [0.717, 1.165) is 31.2 Å². The van der Waals surface area contributed by atoms with Gasteiger partial charge in [0, 0.05) is 35.7 Å². The van der Waals surface area contributed by atoms with Crippen LogP contribution in [-0.4, -0.2) is 21.0 Å². The largest absolute Gasteiger partial charge is 0.377 e. The molecule has 1 aliphatic carbocycles. The lowest BCUT2D eigenvalue weighted by Crippen LogP contribution is -2.38. The van der Waals surface area contributed by atoms with Gasteiger partial charge < -0.3 is 16.1 Å². The third-order valence-corrected chi connectivity index (χ3v) is 7.51. The maximum absolute atomic E-state index is 13.8. The fourth-order valence-corrected chi connectivity index (χ4v) is 5.28. The van der Waals surface area contributed by atoms with E-state index in [1.54, 1.807) is 6.07 Å². The Bertz CT molecular complexity index is 1670. The number of halogens is 2. The molecule has 0 unspecified atom stereocenters. The van der Waals surface area contributed by atoms with E-state index in [4.69, 9.17) is 11.6 Å². The first-order chi connectivity index (χ1) is 20.4. The summed E-state index contributed by atoms with van der Waals surface area (Å²) >= 11 is 6.79. The molecule has 6 rings (SSSR count). The quantitative estimate of drug-likeness (QED) is 0.156. The van der Waals surface area contributed by atoms with E-state index in [-0.39, 0.29) is 6.04 Å². The second kappa shape index (κ2) is 11.6. The lowest BCUT2D eigenvalue weighted by molar-refractivity contribution is 0.260. The second-order valence-corrected chi connectivity index (χ2v) is 10.6. The van der Waals surface area contributed by atoms with Gasteiger partial charge in [0.2, 0.25) is 5.95 Å². The van der Waals surface area contributed by atoms with Crippen LogP contribution in [0, 0.1) is 17.3 Å². The van der Waals surface area contributed by atoms with Crippen molar-refractivity contribution >= 4 is 33.9 Å². The normalized spacial score (nSPS) is 17.2. The van der Waals surface area contributed by atoms with Gasteiger partial charge in [-0.2, -0.15) is 9.65 Å². The number of benzene rings is 2. The number of hydrogen-bond acceptors (Lipinski definition) is 8. The minimum atomic E-state index is -1.59. The molecule has 2 atom stereocenters. The molecule has 1 saturated carbocycles. The van der Waals surface area contributed by atoms with Gasteiger partial charge in [-0.3, -0.25) is 9.99 Å². The van der Waals surface area contributed by atoms with Crippen molar-refractivity contribution in [2.45, 2.75) is 50.7 Å². The molecule has 0 saturated heterocycles. The summed E-state index contributed by atoms with van der Waals surface area (Å²) < 4.78 is 23.4. The van der Waals surface area contributed by atoms with Crippen LogP contribution in [0.3, 0.4) is 0 Å². The molecule has 1 aliphatic heterocycles. The molecule has 0 bridgehead atoms. The molecule has 2 aliphatic rings. The molecular formula is C31H30ClFN8. The number of anilines is 2. The molecule has 0 spiro atoms. The Balaban J connectivity index is 1.44. The number of pyridine rings is 2. The first-order valence-corrected chi connectivity index (χ1v) is 14.0. The summed E-state index contributed by atoms with van der Waals surface area (Å²) in [6.07, 6.45) is 8.62. The number of rotatable bonds is 10. The van der Waals surface area contributed by atoms with Gasteiger partial charge in [0.15, 0.2) is 0 Å². The predicted octanol–water partition coefficient (Wildman–Crippen LogP) is 6.73. The molecule has 0 amide bonds. The van der Waals surface area contributed by atoms with Crippen molar-refractivity contribution in [2.24, 2.45) is 0 Å². The van der Waals surface area contributed by atoms with E-state index in [1.807, 2.05) is 35.5 Å². The predicted molar refractivity (Wildman–Crippen MR) is 159 cm³/mol. The van der Waals surface area contributed by atoms with Crippen molar-refractivity contribution < 1.29 is 5.76 Å². The molecule has 0 radical (unpaired) electrons. The van der Waals surface area contributed by atoms with E-state index in [2.05, 4.69) is 56.7 Å². The molecule has 4 N–H and O–H groups in total. The third kappa shape index (κ3) is 5.75. The van der Waals surface area contributed by atoms with Crippen LogP contribution in [0.2, 0.25) is 5.02 Å². The summed E-state index contributed by atoms with van der Waals surface area (Å²) in [4.78, 5) is 8.31. The molecule has 2 aromatic heterocycles. The fourth-order valence-electron chi connectivity index (χ4n) is 5.01. The second-order valence-electron chi connectivity index (χ2n) is 10.2. The summed E-state index contributed by atoms with van der Waals surface area (Å²) in [5, 5.41) is 19.9. The number of fused-ring (bicyclic) bond motifs is 1. The molecule has 2 aromatic carbocycles. The van der Waals surface area contributed by atoms with Crippen LogP contribution in [0.15, 0.2) is 78.9 Å². The number of hydrogen-bond donors (Lipinski definition) is 4. The van der Waals surface area contributed by atoms with Gasteiger partial charge in [-0.25, -0.2) is 4.98 Å². The Labute approximate surface area is 244 Å². The Morgan fingerprint density at radius 2 is 1.98 bits per heavy atom. The monoisotopic (exact) mass is 569 g/mol. The molecule has 208 valence electrons. The van der Waals surface area contributed by atoms with Crippen molar-refractivity contribution in [1.29, 1.82) is 5.26 Å². The zero-order valence-corrected chi connectivity index (χ0v) is 23.2. The minimum Gasteiger partial charge on any atom is -0.377 e. The van der Waals surface area contributed by atoms with Gasteiger partial charge in [0.05, 0.1) is 40.9 Å². The van der Waals surface area contributed by atoms with Crippen molar-refractivity contribution in [3.8, 4) is 6.07 Å². The number of aromatic nitrogens is 2.